The van der Waals surface area contributed by atoms with Gasteiger partial charge in [0, 0.05) is 12.7 Å². The molecule has 0 spiro atoms. The molecule has 0 aliphatic heterocycles. The highest BCUT2D eigenvalue weighted by molar-refractivity contribution is 5.12. The van der Waals surface area contributed by atoms with Crippen molar-refractivity contribution in [2.24, 2.45) is 5.41 Å². The number of rotatable bonds is 4. The van der Waals surface area contributed by atoms with Gasteiger partial charge in [-0.05, 0) is 26.3 Å². The number of hydrogen-bond donors (Lipinski definition) is 1. The van der Waals surface area contributed by atoms with Gasteiger partial charge in [-0.15, -0.1) is 0 Å². The van der Waals surface area contributed by atoms with Crippen molar-refractivity contribution in [3.8, 4) is 6.07 Å². The molecule has 1 aromatic heterocycles. The minimum atomic E-state index is -0.795. The van der Waals surface area contributed by atoms with E-state index in [-0.39, 0.29) is 0 Å². The van der Waals surface area contributed by atoms with E-state index in [0.717, 1.165) is 13.0 Å². The van der Waals surface area contributed by atoms with Gasteiger partial charge in [0.15, 0.2) is 0 Å². The summed E-state index contributed by atoms with van der Waals surface area (Å²) in [6.07, 6.45) is 1.81. The quantitative estimate of drug-likeness (QED) is 0.819. The molecule has 4 heteroatoms. The molecule has 0 saturated carbocycles. The minimum absolute atomic E-state index is 0.711. The Hall–Kier alpha value is -1.34. The van der Waals surface area contributed by atoms with Gasteiger partial charge >= 0.3 is 0 Å². The number of nitrogens with zero attached hydrogens (tertiary/aromatic N) is 3. The van der Waals surface area contributed by atoms with Gasteiger partial charge in [0.05, 0.1) is 17.2 Å². The standard InChI is InChI=1S/C11H17N3O/c1-4-7-14-9(5-6-13-14)10(15)11(2,3)8-12/h5-6,10,15H,4,7H2,1-3H3. The molecule has 1 heterocycles. The lowest BCUT2D eigenvalue weighted by Gasteiger charge is -2.23. The van der Waals surface area contributed by atoms with Crippen LogP contribution in [0.25, 0.3) is 0 Å². The molecule has 0 aliphatic rings. The summed E-state index contributed by atoms with van der Waals surface area (Å²) < 4.78 is 1.75. The fraction of sp³-hybridized carbons (Fsp3) is 0.636. The van der Waals surface area contributed by atoms with Gasteiger partial charge < -0.3 is 5.11 Å². The molecule has 1 rings (SSSR count). The van der Waals surface area contributed by atoms with E-state index in [1.165, 1.54) is 0 Å². The maximum atomic E-state index is 10.1. The summed E-state index contributed by atoms with van der Waals surface area (Å²) in [5.74, 6) is 0. The van der Waals surface area contributed by atoms with Crippen LogP contribution in [0.3, 0.4) is 0 Å². The SMILES string of the molecule is CCCn1nccc1C(O)C(C)(C)C#N. The molecule has 82 valence electrons. The number of hydrogen-bond acceptors (Lipinski definition) is 3. The Morgan fingerprint density at radius 2 is 2.33 bits per heavy atom. The molecule has 4 nitrogen and oxygen atoms in total. The van der Waals surface area contributed by atoms with Crippen LogP contribution in [-0.2, 0) is 6.54 Å². The summed E-state index contributed by atoms with van der Waals surface area (Å²) in [6, 6.07) is 3.87. The van der Waals surface area contributed by atoms with Crippen molar-refractivity contribution in [3.05, 3.63) is 18.0 Å². The molecule has 0 aromatic carbocycles. The van der Waals surface area contributed by atoms with E-state index in [0.29, 0.717) is 5.69 Å². The molecule has 0 radical (unpaired) electrons. The first-order valence-corrected chi connectivity index (χ1v) is 5.14. The molecule has 0 amide bonds. The maximum absolute atomic E-state index is 10.1. The first-order valence-electron chi connectivity index (χ1n) is 5.14. The Bertz CT molecular complexity index is 362. The van der Waals surface area contributed by atoms with E-state index in [9.17, 15) is 5.11 Å². The van der Waals surface area contributed by atoms with E-state index in [4.69, 9.17) is 5.26 Å². The summed E-state index contributed by atoms with van der Waals surface area (Å²) in [4.78, 5) is 0. The van der Waals surface area contributed by atoms with Crippen LogP contribution in [0, 0.1) is 16.7 Å². The first-order chi connectivity index (χ1) is 7.03. The average molecular weight is 207 g/mol. The molecule has 1 aromatic rings. The largest absolute Gasteiger partial charge is 0.385 e. The fourth-order valence-electron chi connectivity index (χ4n) is 1.40. The molecule has 1 N–H and O–H groups in total. The minimum Gasteiger partial charge on any atom is -0.385 e. The summed E-state index contributed by atoms with van der Waals surface area (Å²) in [7, 11) is 0. The third-order valence-corrected chi connectivity index (χ3v) is 2.44. The molecule has 0 aliphatic carbocycles. The summed E-state index contributed by atoms with van der Waals surface area (Å²) >= 11 is 0. The van der Waals surface area contributed by atoms with E-state index >= 15 is 0 Å². The Balaban J connectivity index is 2.96. The number of nitriles is 1. The number of aliphatic hydroxyl groups is 1. The van der Waals surface area contributed by atoms with Crippen molar-refractivity contribution in [2.75, 3.05) is 0 Å². The Kier molecular flexibility index (Phi) is 3.48. The maximum Gasteiger partial charge on any atom is 0.114 e. The van der Waals surface area contributed by atoms with Gasteiger partial charge in [0.25, 0.3) is 0 Å². The molecule has 0 saturated heterocycles. The smallest absolute Gasteiger partial charge is 0.114 e. The van der Waals surface area contributed by atoms with Crippen molar-refractivity contribution in [2.45, 2.75) is 39.8 Å². The second-order valence-electron chi connectivity index (χ2n) is 4.22. The van der Waals surface area contributed by atoms with E-state index in [2.05, 4.69) is 11.2 Å². The van der Waals surface area contributed by atoms with Gasteiger partial charge in [-0.25, -0.2) is 0 Å². The zero-order valence-electron chi connectivity index (χ0n) is 9.44. The highest BCUT2D eigenvalue weighted by Crippen LogP contribution is 2.32. The second kappa shape index (κ2) is 4.45. The predicted octanol–water partition coefficient (Wildman–Crippen LogP) is 1.88. The van der Waals surface area contributed by atoms with Crippen LogP contribution in [0.1, 0.15) is 39.0 Å². The van der Waals surface area contributed by atoms with Crippen molar-refractivity contribution in [1.29, 1.82) is 5.26 Å². The molecular weight excluding hydrogens is 190 g/mol. The lowest BCUT2D eigenvalue weighted by Crippen LogP contribution is -2.23. The number of aryl methyl sites for hydroxylation is 1. The van der Waals surface area contributed by atoms with Crippen molar-refractivity contribution >= 4 is 0 Å². The highest BCUT2D eigenvalue weighted by atomic mass is 16.3. The van der Waals surface area contributed by atoms with Crippen LogP contribution < -0.4 is 0 Å². The van der Waals surface area contributed by atoms with E-state index in [1.54, 1.807) is 30.8 Å². The van der Waals surface area contributed by atoms with Gasteiger partial charge in [-0.3, -0.25) is 4.68 Å². The topological polar surface area (TPSA) is 61.8 Å². The molecule has 0 bridgehead atoms. The van der Waals surface area contributed by atoms with Crippen LogP contribution in [-0.4, -0.2) is 14.9 Å². The highest BCUT2D eigenvalue weighted by Gasteiger charge is 2.31. The summed E-state index contributed by atoms with van der Waals surface area (Å²) in [6.45, 7) is 6.26. The Morgan fingerprint density at radius 3 is 2.87 bits per heavy atom. The summed E-state index contributed by atoms with van der Waals surface area (Å²) in [5, 5.41) is 23.1. The normalized spacial score (nSPS) is 13.5. The van der Waals surface area contributed by atoms with Crippen LogP contribution in [0.4, 0.5) is 0 Å². The van der Waals surface area contributed by atoms with Gasteiger partial charge in [0.1, 0.15) is 6.10 Å². The number of aliphatic hydroxyl groups excluding tert-OH is 1. The third kappa shape index (κ3) is 2.37. The van der Waals surface area contributed by atoms with Gasteiger partial charge in [-0.1, -0.05) is 6.92 Å². The monoisotopic (exact) mass is 207 g/mol. The summed E-state index contributed by atoms with van der Waals surface area (Å²) in [5.41, 5.74) is -0.0747. The Labute approximate surface area is 90.1 Å². The van der Waals surface area contributed by atoms with Gasteiger partial charge in [0.2, 0.25) is 0 Å². The molecule has 15 heavy (non-hydrogen) atoms. The van der Waals surface area contributed by atoms with Crippen molar-refractivity contribution < 1.29 is 5.11 Å². The molecule has 0 fully saturated rings. The number of aromatic nitrogens is 2. The lowest BCUT2D eigenvalue weighted by molar-refractivity contribution is 0.0778. The lowest BCUT2D eigenvalue weighted by atomic mass is 9.86. The zero-order valence-corrected chi connectivity index (χ0v) is 9.44. The van der Waals surface area contributed by atoms with Crippen LogP contribution in [0.5, 0.6) is 0 Å². The van der Waals surface area contributed by atoms with Crippen molar-refractivity contribution in [3.63, 3.8) is 0 Å². The zero-order chi connectivity index (χ0) is 11.5. The van der Waals surface area contributed by atoms with E-state index < -0.39 is 11.5 Å². The van der Waals surface area contributed by atoms with E-state index in [1.807, 2.05) is 6.92 Å². The van der Waals surface area contributed by atoms with Crippen LogP contribution >= 0.6 is 0 Å². The second-order valence-corrected chi connectivity index (χ2v) is 4.22. The predicted molar refractivity (Wildman–Crippen MR) is 56.9 cm³/mol. The average Bonchev–Trinajstić information content (AvgIpc) is 2.65. The molecular formula is C11H17N3O. The molecule has 1 unspecified atom stereocenters. The van der Waals surface area contributed by atoms with Crippen LogP contribution in [0.15, 0.2) is 12.3 Å². The fourth-order valence-corrected chi connectivity index (χ4v) is 1.40. The van der Waals surface area contributed by atoms with Crippen LogP contribution in [0.2, 0.25) is 0 Å². The third-order valence-electron chi connectivity index (χ3n) is 2.44. The Morgan fingerprint density at radius 1 is 1.67 bits per heavy atom. The first kappa shape index (κ1) is 11.7. The molecule has 1 atom stereocenters. The van der Waals surface area contributed by atoms with Gasteiger partial charge in [-0.2, -0.15) is 10.4 Å². The van der Waals surface area contributed by atoms with Crippen molar-refractivity contribution in [1.82, 2.24) is 9.78 Å².